The van der Waals surface area contributed by atoms with Crippen LogP contribution in [0.4, 0.5) is 11.4 Å². The van der Waals surface area contributed by atoms with E-state index in [0.29, 0.717) is 29.7 Å². The highest BCUT2D eigenvalue weighted by Gasteiger charge is 2.32. The number of hydrogen-bond acceptors (Lipinski definition) is 5. The van der Waals surface area contributed by atoms with Crippen LogP contribution in [-0.4, -0.2) is 21.6 Å². The number of fused-ring (bicyclic) bond motifs is 1. The van der Waals surface area contributed by atoms with Crippen LogP contribution in [-0.2, 0) is 6.42 Å². The SMILES string of the molecule is Cc1ccc(NC(=O)c2cc3c([nH]c2=O)CC(C)(C)CC3=O)cc1[N+](=O)[O-]. The molecule has 140 valence electrons. The molecule has 1 aromatic carbocycles. The molecule has 1 aromatic heterocycles. The molecule has 2 aromatic rings. The average Bonchev–Trinajstić information content (AvgIpc) is 2.54. The van der Waals surface area contributed by atoms with Gasteiger partial charge in [0, 0.05) is 35.0 Å². The Morgan fingerprint density at radius 1 is 1.22 bits per heavy atom. The molecule has 0 atom stereocenters. The van der Waals surface area contributed by atoms with Crippen LogP contribution in [0.3, 0.4) is 0 Å². The number of rotatable bonds is 3. The number of amides is 1. The second kappa shape index (κ2) is 6.46. The van der Waals surface area contributed by atoms with E-state index < -0.39 is 16.4 Å². The zero-order valence-corrected chi connectivity index (χ0v) is 15.2. The van der Waals surface area contributed by atoms with E-state index in [9.17, 15) is 24.5 Å². The number of aryl methyl sites for hydroxylation is 1. The Bertz CT molecular complexity index is 1040. The molecule has 27 heavy (non-hydrogen) atoms. The summed E-state index contributed by atoms with van der Waals surface area (Å²) < 4.78 is 0. The number of Topliss-reactive ketones (excluding diaryl/α,β-unsaturated/α-hetero) is 1. The van der Waals surface area contributed by atoms with Crippen molar-refractivity contribution in [3.8, 4) is 0 Å². The molecular formula is C19H19N3O5. The van der Waals surface area contributed by atoms with Gasteiger partial charge in [0.1, 0.15) is 5.56 Å². The summed E-state index contributed by atoms with van der Waals surface area (Å²) in [6.45, 7) is 5.47. The third-order valence-corrected chi connectivity index (χ3v) is 4.63. The predicted molar refractivity (Wildman–Crippen MR) is 99.3 cm³/mol. The minimum atomic E-state index is -0.727. The highest BCUT2D eigenvalue weighted by atomic mass is 16.6. The predicted octanol–water partition coefficient (Wildman–Crippen LogP) is 3.00. The molecule has 8 nitrogen and oxygen atoms in total. The molecule has 8 heteroatoms. The van der Waals surface area contributed by atoms with Gasteiger partial charge in [0.25, 0.3) is 17.2 Å². The maximum Gasteiger partial charge on any atom is 0.274 e. The third kappa shape index (κ3) is 3.64. The number of benzene rings is 1. The summed E-state index contributed by atoms with van der Waals surface area (Å²) in [7, 11) is 0. The number of carbonyl (C=O) groups is 2. The fourth-order valence-electron chi connectivity index (χ4n) is 3.28. The maximum atomic E-state index is 12.5. The molecule has 0 saturated carbocycles. The van der Waals surface area contributed by atoms with Gasteiger partial charge in [-0.15, -0.1) is 0 Å². The standard InChI is InChI=1S/C19H19N3O5/c1-10-4-5-11(6-15(10)22(26)27)20-17(24)13-7-12-14(21-18(13)25)8-19(2,3)9-16(12)23/h4-7H,8-9H2,1-3H3,(H,20,24)(H,21,25). The molecule has 1 aliphatic rings. The number of nitro groups is 1. The number of ketones is 1. The summed E-state index contributed by atoms with van der Waals surface area (Å²) in [6, 6.07) is 5.56. The average molecular weight is 369 g/mol. The van der Waals surface area contributed by atoms with E-state index in [1.165, 1.54) is 24.3 Å². The number of aromatic amines is 1. The number of nitrogens with one attached hydrogen (secondary N) is 2. The van der Waals surface area contributed by atoms with Gasteiger partial charge in [0.15, 0.2) is 5.78 Å². The first-order valence-corrected chi connectivity index (χ1v) is 8.43. The Labute approximate surface area is 154 Å². The van der Waals surface area contributed by atoms with Crippen molar-refractivity contribution in [3.05, 3.63) is 67.1 Å². The lowest BCUT2D eigenvalue weighted by Gasteiger charge is -2.29. The molecule has 0 aliphatic heterocycles. The molecule has 0 radical (unpaired) electrons. The fraction of sp³-hybridized carbons (Fsp3) is 0.316. The van der Waals surface area contributed by atoms with Crippen molar-refractivity contribution in [2.45, 2.75) is 33.6 Å². The van der Waals surface area contributed by atoms with E-state index in [-0.39, 0.29) is 28.1 Å². The Morgan fingerprint density at radius 3 is 2.59 bits per heavy atom. The summed E-state index contributed by atoms with van der Waals surface area (Å²) in [5.74, 6) is -0.854. The molecule has 1 amide bonds. The van der Waals surface area contributed by atoms with Gasteiger partial charge in [0.2, 0.25) is 0 Å². The molecule has 0 unspecified atom stereocenters. The van der Waals surface area contributed by atoms with Gasteiger partial charge in [0.05, 0.1) is 4.92 Å². The Morgan fingerprint density at radius 2 is 1.93 bits per heavy atom. The minimum Gasteiger partial charge on any atom is -0.325 e. The highest BCUT2D eigenvalue weighted by molar-refractivity contribution is 6.06. The second-order valence-corrected chi connectivity index (χ2v) is 7.56. The van der Waals surface area contributed by atoms with Crippen LogP contribution in [0.1, 0.15) is 52.2 Å². The molecule has 0 fully saturated rings. The lowest BCUT2D eigenvalue weighted by atomic mass is 9.75. The van der Waals surface area contributed by atoms with Crippen LogP contribution < -0.4 is 10.9 Å². The quantitative estimate of drug-likeness (QED) is 0.636. The third-order valence-electron chi connectivity index (χ3n) is 4.63. The van der Waals surface area contributed by atoms with Crippen LogP contribution in [0, 0.1) is 22.5 Å². The van der Waals surface area contributed by atoms with E-state index in [1.807, 2.05) is 13.8 Å². The fourth-order valence-corrected chi connectivity index (χ4v) is 3.28. The van der Waals surface area contributed by atoms with E-state index in [0.717, 1.165) is 0 Å². The molecule has 0 saturated heterocycles. The van der Waals surface area contributed by atoms with Crippen LogP contribution in [0.25, 0.3) is 0 Å². The first-order chi connectivity index (χ1) is 12.6. The number of hydrogen-bond donors (Lipinski definition) is 2. The van der Waals surface area contributed by atoms with E-state index in [4.69, 9.17) is 0 Å². The minimum absolute atomic E-state index is 0.127. The molecule has 0 spiro atoms. The number of aromatic nitrogens is 1. The highest BCUT2D eigenvalue weighted by Crippen LogP contribution is 2.33. The van der Waals surface area contributed by atoms with E-state index in [1.54, 1.807) is 6.92 Å². The van der Waals surface area contributed by atoms with Crippen molar-refractivity contribution in [1.29, 1.82) is 0 Å². The van der Waals surface area contributed by atoms with Crippen molar-refractivity contribution in [2.24, 2.45) is 5.41 Å². The van der Waals surface area contributed by atoms with Crippen LogP contribution in [0.5, 0.6) is 0 Å². The van der Waals surface area contributed by atoms with Gasteiger partial charge < -0.3 is 10.3 Å². The monoisotopic (exact) mass is 369 g/mol. The number of anilines is 1. The lowest BCUT2D eigenvalue weighted by Crippen LogP contribution is -2.32. The van der Waals surface area contributed by atoms with Crippen LogP contribution in [0.2, 0.25) is 0 Å². The van der Waals surface area contributed by atoms with Crippen LogP contribution >= 0.6 is 0 Å². The normalized spacial score (nSPS) is 15.1. The summed E-state index contributed by atoms with van der Waals surface area (Å²) in [5, 5.41) is 13.5. The largest absolute Gasteiger partial charge is 0.325 e. The van der Waals surface area contributed by atoms with Crippen molar-refractivity contribution in [1.82, 2.24) is 4.98 Å². The Balaban J connectivity index is 1.94. The number of nitro benzene ring substituents is 1. The van der Waals surface area contributed by atoms with E-state index in [2.05, 4.69) is 10.3 Å². The van der Waals surface area contributed by atoms with Gasteiger partial charge >= 0.3 is 0 Å². The first kappa shape index (κ1) is 18.5. The molecule has 1 heterocycles. The van der Waals surface area contributed by atoms with Gasteiger partial charge in [-0.1, -0.05) is 19.9 Å². The van der Waals surface area contributed by atoms with E-state index >= 15 is 0 Å². The summed E-state index contributed by atoms with van der Waals surface area (Å²) in [5.41, 5.74) is 0.336. The Hall–Kier alpha value is -3.29. The van der Waals surface area contributed by atoms with Crippen molar-refractivity contribution < 1.29 is 14.5 Å². The maximum absolute atomic E-state index is 12.5. The Kier molecular flexibility index (Phi) is 4.43. The first-order valence-electron chi connectivity index (χ1n) is 8.43. The van der Waals surface area contributed by atoms with Crippen molar-refractivity contribution >= 4 is 23.1 Å². The number of carbonyl (C=O) groups excluding carboxylic acids is 2. The zero-order valence-electron chi connectivity index (χ0n) is 15.2. The topological polar surface area (TPSA) is 122 Å². The van der Waals surface area contributed by atoms with Gasteiger partial charge in [-0.2, -0.15) is 0 Å². The van der Waals surface area contributed by atoms with Gasteiger partial charge in [-0.05, 0) is 30.9 Å². The van der Waals surface area contributed by atoms with Crippen LogP contribution in [0.15, 0.2) is 29.1 Å². The van der Waals surface area contributed by atoms with Crippen molar-refractivity contribution in [2.75, 3.05) is 5.32 Å². The summed E-state index contributed by atoms with van der Waals surface area (Å²) in [4.78, 5) is 50.3. The molecule has 1 aliphatic carbocycles. The smallest absolute Gasteiger partial charge is 0.274 e. The molecule has 3 rings (SSSR count). The number of pyridine rings is 1. The molecular weight excluding hydrogens is 350 g/mol. The molecule has 2 N–H and O–H groups in total. The summed E-state index contributed by atoms with van der Waals surface area (Å²) in [6.07, 6.45) is 0.868. The van der Waals surface area contributed by atoms with Crippen molar-refractivity contribution in [3.63, 3.8) is 0 Å². The van der Waals surface area contributed by atoms with Gasteiger partial charge in [-0.25, -0.2) is 0 Å². The lowest BCUT2D eigenvalue weighted by molar-refractivity contribution is -0.385. The zero-order chi connectivity index (χ0) is 19.9. The summed E-state index contributed by atoms with van der Waals surface area (Å²) >= 11 is 0. The number of nitrogens with zero attached hydrogens (tertiary/aromatic N) is 1. The second-order valence-electron chi connectivity index (χ2n) is 7.56. The molecule has 0 bridgehead atoms. The van der Waals surface area contributed by atoms with Gasteiger partial charge in [-0.3, -0.25) is 24.5 Å². The number of H-pyrrole nitrogens is 1.